The normalized spacial score (nSPS) is 12.2. The Morgan fingerprint density at radius 3 is 2.27 bits per heavy atom. The fourth-order valence-corrected chi connectivity index (χ4v) is 2.83. The van der Waals surface area contributed by atoms with Crippen molar-refractivity contribution in [2.75, 3.05) is 0 Å². The van der Waals surface area contributed by atoms with Gasteiger partial charge in [0.25, 0.3) is 5.91 Å². The minimum atomic E-state index is -1.19. The molecule has 3 rings (SSSR count). The van der Waals surface area contributed by atoms with E-state index in [4.69, 9.17) is 0 Å². The molecule has 3 aromatic rings. The van der Waals surface area contributed by atoms with E-state index in [0.29, 0.717) is 33.5 Å². The van der Waals surface area contributed by atoms with Crippen LogP contribution in [0.25, 0.3) is 11.0 Å². The molecule has 0 aliphatic heterocycles. The third-order valence-corrected chi connectivity index (χ3v) is 4.33. The van der Waals surface area contributed by atoms with Crippen molar-refractivity contribution in [3.63, 3.8) is 0 Å². The predicted molar refractivity (Wildman–Crippen MR) is 94.9 cm³/mol. The summed E-state index contributed by atoms with van der Waals surface area (Å²) in [6.45, 7) is 7.13. The van der Waals surface area contributed by atoms with Crippen LogP contribution in [-0.4, -0.2) is 37.1 Å². The van der Waals surface area contributed by atoms with Gasteiger partial charge in [0.05, 0.1) is 28.1 Å². The molecule has 0 saturated carbocycles. The molecule has 0 bridgehead atoms. The van der Waals surface area contributed by atoms with E-state index >= 15 is 0 Å². The fraction of sp³-hybridized carbons (Fsp3) is 0.278. The molecule has 1 unspecified atom stereocenters. The Balaban J connectivity index is 1.94. The second kappa shape index (κ2) is 6.55. The molecule has 2 heterocycles. The molecular weight excluding hydrogens is 334 g/mol. The minimum Gasteiger partial charge on any atom is -0.479 e. The van der Waals surface area contributed by atoms with Gasteiger partial charge in [-0.15, -0.1) is 0 Å². The van der Waals surface area contributed by atoms with Gasteiger partial charge < -0.3 is 10.4 Å². The van der Waals surface area contributed by atoms with Gasteiger partial charge in [0.1, 0.15) is 0 Å². The van der Waals surface area contributed by atoms with E-state index in [2.05, 4.69) is 25.5 Å². The zero-order chi connectivity index (χ0) is 19.0. The van der Waals surface area contributed by atoms with E-state index in [-0.39, 0.29) is 0 Å². The number of fused-ring (bicyclic) bond motifs is 1. The first kappa shape index (κ1) is 17.5. The number of nitrogens with zero attached hydrogens (tertiary/aromatic N) is 3. The van der Waals surface area contributed by atoms with Crippen molar-refractivity contribution in [1.82, 2.24) is 25.5 Å². The number of carbonyl (C=O) groups is 2. The van der Waals surface area contributed by atoms with Gasteiger partial charge in [-0.3, -0.25) is 9.89 Å². The monoisotopic (exact) mass is 353 g/mol. The molecule has 26 heavy (non-hydrogen) atoms. The highest BCUT2D eigenvalue weighted by Gasteiger charge is 2.27. The lowest BCUT2D eigenvalue weighted by atomic mass is 10.0. The lowest BCUT2D eigenvalue weighted by molar-refractivity contribution is -0.139. The number of aromatic amines is 1. The van der Waals surface area contributed by atoms with Crippen LogP contribution >= 0.6 is 0 Å². The molecule has 1 amide bonds. The summed E-state index contributed by atoms with van der Waals surface area (Å²) < 4.78 is 0. The Morgan fingerprint density at radius 1 is 1.04 bits per heavy atom. The Morgan fingerprint density at radius 2 is 1.69 bits per heavy atom. The maximum atomic E-state index is 12.6. The Kier molecular flexibility index (Phi) is 4.41. The standard InChI is InChI=1S/C18H19N5O3/c1-8-9(2)20-14-7-12(5-6-13(14)19-8)17(24)21-16(18(25)26)15-10(3)22-23-11(15)4/h5-7,16H,1-4H3,(H,21,24)(H,22,23)(H,25,26). The fourth-order valence-electron chi connectivity index (χ4n) is 2.83. The second-order valence-corrected chi connectivity index (χ2v) is 6.19. The molecule has 8 heteroatoms. The lowest BCUT2D eigenvalue weighted by Gasteiger charge is -2.15. The van der Waals surface area contributed by atoms with Gasteiger partial charge in [0.2, 0.25) is 0 Å². The van der Waals surface area contributed by atoms with Gasteiger partial charge in [-0.05, 0) is 45.9 Å². The molecule has 1 aromatic carbocycles. The number of aliphatic carboxylic acids is 1. The van der Waals surface area contributed by atoms with Crippen LogP contribution < -0.4 is 5.32 Å². The van der Waals surface area contributed by atoms with Crippen LogP contribution in [-0.2, 0) is 4.79 Å². The average molecular weight is 353 g/mol. The van der Waals surface area contributed by atoms with Crippen LogP contribution in [0.4, 0.5) is 0 Å². The number of aromatic nitrogens is 4. The lowest BCUT2D eigenvalue weighted by Crippen LogP contribution is -2.34. The van der Waals surface area contributed by atoms with Crippen molar-refractivity contribution < 1.29 is 14.7 Å². The van der Waals surface area contributed by atoms with Crippen LogP contribution in [0.3, 0.4) is 0 Å². The summed E-state index contributed by atoms with van der Waals surface area (Å²) in [7, 11) is 0. The van der Waals surface area contributed by atoms with Gasteiger partial charge in [-0.2, -0.15) is 5.10 Å². The van der Waals surface area contributed by atoms with Gasteiger partial charge in [0, 0.05) is 16.8 Å². The highest BCUT2D eigenvalue weighted by Crippen LogP contribution is 2.21. The number of aryl methyl sites for hydroxylation is 4. The van der Waals surface area contributed by atoms with Gasteiger partial charge >= 0.3 is 5.97 Å². The predicted octanol–water partition coefficient (Wildman–Crippen LogP) is 2.14. The smallest absolute Gasteiger partial charge is 0.331 e. The summed E-state index contributed by atoms with van der Waals surface area (Å²) in [5.41, 5.74) is 4.79. The first-order chi connectivity index (χ1) is 12.3. The number of benzene rings is 1. The van der Waals surface area contributed by atoms with Crippen LogP contribution in [0.15, 0.2) is 18.2 Å². The number of carboxylic acids is 1. The van der Waals surface area contributed by atoms with Crippen LogP contribution in [0.2, 0.25) is 0 Å². The molecule has 3 N–H and O–H groups in total. The summed E-state index contributed by atoms with van der Waals surface area (Å²) in [6.07, 6.45) is 0. The number of H-pyrrole nitrogens is 1. The van der Waals surface area contributed by atoms with Crippen molar-refractivity contribution in [1.29, 1.82) is 0 Å². The molecule has 8 nitrogen and oxygen atoms in total. The summed E-state index contributed by atoms with van der Waals surface area (Å²) in [5.74, 6) is -1.66. The second-order valence-electron chi connectivity index (χ2n) is 6.19. The summed E-state index contributed by atoms with van der Waals surface area (Å²) in [5, 5.41) is 18.8. The van der Waals surface area contributed by atoms with E-state index in [0.717, 1.165) is 11.4 Å². The average Bonchev–Trinajstić information content (AvgIpc) is 2.91. The van der Waals surface area contributed by atoms with Crippen molar-refractivity contribution in [3.05, 3.63) is 52.1 Å². The number of nitrogens with one attached hydrogen (secondary N) is 2. The Labute approximate surface area is 149 Å². The topological polar surface area (TPSA) is 121 Å². The molecule has 0 aliphatic carbocycles. The van der Waals surface area contributed by atoms with E-state index in [9.17, 15) is 14.7 Å². The number of amides is 1. The maximum Gasteiger partial charge on any atom is 0.331 e. The molecule has 1 atom stereocenters. The van der Waals surface area contributed by atoms with Crippen molar-refractivity contribution in [2.24, 2.45) is 0 Å². The van der Waals surface area contributed by atoms with E-state index in [1.165, 1.54) is 0 Å². The van der Waals surface area contributed by atoms with Crippen LogP contribution in [0.5, 0.6) is 0 Å². The van der Waals surface area contributed by atoms with Gasteiger partial charge in [-0.1, -0.05) is 0 Å². The van der Waals surface area contributed by atoms with Crippen LogP contribution in [0.1, 0.15) is 44.7 Å². The number of carbonyl (C=O) groups excluding carboxylic acids is 1. The van der Waals surface area contributed by atoms with E-state index < -0.39 is 17.9 Å². The molecule has 0 spiro atoms. The SMILES string of the molecule is Cc1nc2ccc(C(=O)NC(C(=O)O)c3c(C)n[nH]c3C)cc2nc1C. The highest BCUT2D eigenvalue weighted by atomic mass is 16.4. The third-order valence-electron chi connectivity index (χ3n) is 4.33. The molecule has 0 fully saturated rings. The van der Waals surface area contributed by atoms with Crippen molar-refractivity contribution in [2.45, 2.75) is 33.7 Å². The Hall–Kier alpha value is -3.29. The number of rotatable bonds is 4. The summed E-state index contributed by atoms with van der Waals surface area (Å²) in [4.78, 5) is 33.2. The van der Waals surface area contributed by atoms with Crippen molar-refractivity contribution in [3.8, 4) is 0 Å². The summed E-state index contributed by atoms with van der Waals surface area (Å²) >= 11 is 0. The maximum absolute atomic E-state index is 12.6. The molecule has 134 valence electrons. The molecule has 0 radical (unpaired) electrons. The Bertz CT molecular complexity index is 1010. The molecule has 0 saturated heterocycles. The number of hydrogen-bond donors (Lipinski definition) is 3. The molecule has 0 aliphatic rings. The quantitative estimate of drug-likeness (QED) is 0.661. The summed E-state index contributed by atoms with van der Waals surface area (Å²) in [6, 6.07) is 3.73. The van der Waals surface area contributed by atoms with Gasteiger partial charge in [0.15, 0.2) is 6.04 Å². The van der Waals surface area contributed by atoms with Gasteiger partial charge in [-0.25, -0.2) is 14.8 Å². The first-order valence-corrected chi connectivity index (χ1v) is 8.08. The zero-order valence-electron chi connectivity index (χ0n) is 14.9. The third kappa shape index (κ3) is 3.13. The number of hydrogen-bond acceptors (Lipinski definition) is 5. The molecule has 2 aromatic heterocycles. The van der Waals surface area contributed by atoms with Crippen LogP contribution in [0, 0.1) is 27.7 Å². The minimum absolute atomic E-state index is 0.320. The number of carboxylic acid groups (broad SMARTS) is 1. The highest BCUT2D eigenvalue weighted by molar-refractivity contribution is 5.99. The largest absolute Gasteiger partial charge is 0.479 e. The molecular formula is C18H19N5O3. The first-order valence-electron chi connectivity index (χ1n) is 8.08. The van der Waals surface area contributed by atoms with E-state index in [1.54, 1.807) is 32.0 Å². The van der Waals surface area contributed by atoms with E-state index in [1.807, 2.05) is 13.8 Å². The zero-order valence-corrected chi connectivity index (χ0v) is 14.9. The van der Waals surface area contributed by atoms with Crippen molar-refractivity contribution >= 4 is 22.9 Å².